The molecule has 0 aliphatic rings. The molecule has 7 heteroatoms. The molecular formula is C11H15N5OS. The number of aromatic amines is 1. The third-order valence-corrected chi connectivity index (χ3v) is 3.37. The Morgan fingerprint density at radius 3 is 2.83 bits per heavy atom. The highest BCUT2D eigenvalue weighted by Gasteiger charge is 2.20. The molecule has 2 aromatic rings. The number of hydrogen-bond donors (Lipinski definition) is 2. The summed E-state index contributed by atoms with van der Waals surface area (Å²) in [5, 5.41) is 13.5. The van der Waals surface area contributed by atoms with Crippen LogP contribution in [0.25, 0.3) is 0 Å². The van der Waals surface area contributed by atoms with E-state index < -0.39 is 0 Å². The monoisotopic (exact) mass is 265 g/mol. The Kier molecular flexibility index (Phi) is 3.71. The molecule has 18 heavy (non-hydrogen) atoms. The van der Waals surface area contributed by atoms with E-state index in [-0.39, 0.29) is 17.9 Å². The summed E-state index contributed by atoms with van der Waals surface area (Å²) in [6, 6.07) is -0.0987. The highest BCUT2D eigenvalue weighted by Crippen LogP contribution is 2.20. The van der Waals surface area contributed by atoms with E-state index in [1.807, 2.05) is 20.8 Å². The van der Waals surface area contributed by atoms with Crippen LogP contribution in [-0.4, -0.2) is 25.7 Å². The van der Waals surface area contributed by atoms with Gasteiger partial charge >= 0.3 is 0 Å². The topological polar surface area (TPSA) is 83.6 Å². The average Bonchev–Trinajstić information content (AvgIpc) is 3.00. The van der Waals surface area contributed by atoms with Crippen LogP contribution < -0.4 is 5.32 Å². The second-order valence-corrected chi connectivity index (χ2v) is 5.12. The molecule has 0 fully saturated rings. The van der Waals surface area contributed by atoms with E-state index in [4.69, 9.17) is 0 Å². The third kappa shape index (κ3) is 2.56. The lowest BCUT2D eigenvalue weighted by Gasteiger charge is -2.11. The largest absolute Gasteiger partial charge is 0.345 e. The summed E-state index contributed by atoms with van der Waals surface area (Å²) in [5.74, 6) is 0.0520. The maximum absolute atomic E-state index is 12.1. The summed E-state index contributed by atoms with van der Waals surface area (Å²) in [6.07, 6.45) is 3.46. The van der Waals surface area contributed by atoms with Gasteiger partial charge in [0, 0.05) is 11.8 Å². The van der Waals surface area contributed by atoms with Gasteiger partial charge < -0.3 is 5.32 Å². The van der Waals surface area contributed by atoms with E-state index in [0.717, 1.165) is 22.8 Å². The normalized spacial score (nSPS) is 12.7. The first-order valence-corrected chi connectivity index (χ1v) is 6.48. The Bertz CT molecular complexity index is 519. The highest BCUT2D eigenvalue weighted by molar-refractivity contribution is 7.08. The molecule has 2 rings (SSSR count). The van der Waals surface area contributed by atoms with Gasteiger partial charge in [0.15, 0.2) is 0 Å². The second-order valence-electron chi connectivity index (χ2n) is 4.37. The van der Waals surface area contributed by atoms with Crippen molar-refractivity contribution in [1.82, 2.24) is 25.1 Å². The molecule has 0 aromatic carbocycles. The van der Waals surface area contributed by atoms with Crippen LogP contribution in [0.15, 0.2) is 12.4 Å². The Labute approximate surface area is 109 Å². The molecule has 0 aliphatic heterocycles. The van der Waals surface area contributed by atoms with Crippen molar-refractivity contribution >= 4 is 17.4 Å². The molecule has 0 saturated heterocycles. The number of aromatic nitrogens is 4. The molecule has 0 saturated carbocycles. The molecule has 6 nitrogen and oxygen atoms in total. The van der Waals surface area contributed by atoms with Crippen LogP contribution in [0.3, 0.4) is 0 Å². The molecular weight excluding hydrogens is 250 g/mol. The van der Waals surface area contributed by atoms with Crippen molar-refractivity contribution in [3.8, 4) is 0 Å². The number of nitrogens with zero attached hydrogens (tertiary/aromatic N) is 3. The lowest BCUT2D eigenvalue weighted by atomic mass is 10.1. The Morgan fingerprint density at radius 1 is 1.44 bits per heavy atom. The molecule has 2 N–H and O–H groups in total. The van der Waals surface area contributed by atoms with Gasteiger partial charge in [0.1, 0.15) is 4.88 Å². The van der Waals surface area contributed by atoms with E-state index >= 15 is 0 Å². The number of H-pyrrole nitrogens is 1. The molecule has 1 amide bonds. The van der Waals surface area contributed by atoms with Gasteiger partial charge in [-0.1, -0.05) is 18.3 Å². The molecule has 0 aliphatic carbocycles. The first-order chi connectivity index (χ1) is 8.59. The molecule has 0 radical (unpaired) electrons. The maximum atomic E-state index is 12.1. The van der Waals surface area contributed by atoms with Crippen molar-refractivity contribution in [3.05, 3.63) is 28.5 Å². The number of carbonyl (C=O) groups is 1. The van der Waals surface area contributed by atoms with Crippen LogP contribution in [0.4, 0.5) is 0 Å². The summed E-state index contributed by atoms with van der Waals surface area (Å²) >= 11 is 1.13. The van der Waals surface area contributed by atoms with Crippen LogP contribution in [0.1, 0.15) is 53.7 Å². The number of hydrogen-bond acceptors (Lipinski definition) is 5. The van der Waals surface area contributed by atoms with Gasteiger partial charge in [-0.25, -0.2) is 0 Å². The fraction of sp³-hybridized carbons (Fsp3) is 0.455. The number of nitrogens with one attached hydrogen (secondary N) is 2. The summed E-state index contributed by atoms with van der Waals surface area (Å²) in [5.41, 5.74) is 1.68. The predicted octanol–water partition coefficient (Wildman–Crippen LogP) is 1.88. The first kappa shape index (κ1) is 12.7. The van der Waals surface area contributed by atoms with Gasteiger partial charge in [-0.3, -0.25) is 9.89 Å². The van der Waals surface area contributed by atoms with E-state index in [9.17, 15) is 4.79 Å². The fourth-order valence-electron chi connectivity index (χ4n) is 1.58. The van der Waals surface area contributed by atoms with Crippen molar-refractivity contribution in [2.24, 2.45) is 0 Å². The van der Waals surface area contributed by atoms with Crippen LogP contribution in [0, 0.1) is 0 Å². The molecule has 1 unspecified atom stereocenters. The second kappa shape index (κ2) is 5.26. The molecule has 1 atom stereocenters. The summed E-state index contributed by atoms with van der Waals surface area (Å²) in [7, 11) is 0. The van der Waals surface area contributed by atoms with Gasteiger partial charge in [-0.05, 0) is 24.4 Å². The number of carbonyl (C=O) groups excluding carboxylic acids is 1. The SMILES string of the molecule is CC(C)c1nnsc1C(=O)NC(C)c1cn[nH]c1. The summed E-state index contributed by atoms with van der Waals surface area (Å²) in [4.78, 5) is 12.7. The van der Waals surface area contributed by atoms with Gasteiger partial charge in [0.25, 0.3) is 5.91 Å². The fourth-order valence-corrected chi connectivity index (χ4v) is 2.30. The minimum atomic E-state index is -0.137. The lowest BCUT2D eigenvalue weighted by Crippen LogP contribution is -2.26. The zero-order valence-electron chi connectivity index (χ0n) is 10.5. The molecule has 0 bridgehead atoms. The first-order valence-electron chi connectivity index (χ1n) is 5.71. The predicted molar refractivity (Wildman–Crippen MR) is 68.5 cm³/mol. The van der Waals surface area contributed by atoms with Crippen LogP contribution in [0.5, 0.6) is 0 Å². The van der Waals surface area contributed by atoms with Gasteiger partial charge in [0.05, 0.1) is 17.9 Å². The maximum Gasteiger partial charge on any atom is 0.265 e. The van der Waals surface area contributed by atoms with Gasteiger partial charge in [-0.15, -0.1) is 5.10 Å². The lowest BCUT2D eigenvalue weighted by molar-refractivity contribution is 0.0942. The van der Waals surface area contributed by atoms with Crippen molar-refractivity contribution in [2.45, 2.75) is 32.7 Å². The van der Waals surface area contributed by atoms with Gasteiger partial charge in [0.2, 0.25) is 0 Å². The Hall–Kier alpha value is -1.76. The van der Waals surface area contributed by atoms with E-state index in [2.05, 4.69) is 25.1 Å². The number of rotatable bonds is 4. The quantitative estimate of drug-likeness (QED) is 0.884. The third-order valence-electron chi connectivity index (χ3n) is 2.63. The average molecular weight is 265 g/mol. The van der Waals surface area contributed by atoms with E-state index in [1.165, 1.54) is 0 Å². The van der Waals surface area contributed by atoms with E-state index in [1.54, 1.807) is 12.4 Å². The van der Waals surface area contributed by atoms with Crippen LogP contribution in [-0.2, 0) is 0 Å². The minimum Gasteiger partial charge on any atom is -0.345 e. The molecule has 0 spiro atoms. The summed E-state index contributed by atoms with van der Waals surface area (Å²) in [6.45, 7) is 5.90. The number of amides is 1. The zero-order valence-corrected chi connectivity index (χ0v) is 11.3. The van der Waals surface area contributed by atoms with Crippen LogP contribution >= 0.6 is 11.5 Å². The van der Waals surface area contributed by atoms with Crippen molar-refractivity contribution in [2.75, 3.05) is 0 Å². The smallest absolute Gasteiger partial charge is 0.265 e. The van der Waals surface area contributed by atoms with Crippen molar-refractivity contribution < 1.29 is 4.79 Å². The summed E-state index contributed by atoms with van der Waals surface area (Å²) < 4.78 is 3.85. The molecule has 2 heterocycles. The van der Waals surface area contributed by atoms with E-state index in [0.29, 0.717) is 4.88 Å². The van der Waals surface area contributed by atoms with Crippen molar-refractivity contribution in [1.29, 1.82) is 0 Å². The Balaban J connectivity index is 2.10. The molecule has 2 aromatic heterocycles. The van der Waals surface area contributed by atoms with Crippen LogP contribution in [0.2, 0.25) is 0 Å². The Morgan fingerprint density at radius 2 is 2.22 bits per heavy atom. The standard InChI is InChI=1S/C11H15N5OS/c1-6(2)9-10(18-16-15-9)11(17)14-7(3)8-4-12-13-5-8/h4-7H,1-3H3,(H,12,13)(H,14,17). The van der Waals surface area contributed by atoms with Crippen molar-refractivity contribution in [3.63, 3.8) is 0 Å². The highest BCUT2D eigenvalue weighted by atomic mass is 32.1. The van der Waals surface area contributed by atoms with Gasteiger partial charge in [-0.2, -0.15) is 5.10 Å². The molecule has 96 valence electrons. The zero-order chi connectivity index (χ0) is 13.1. The minimum absolute atomic E-state index is 0.0987.